The van der Waals surface area contributed by atoms with Gasteiger partial charge in [0.05, 0.1) is 6.04 Å². The Morgan fingerprint density at radius 1 is 1.33 bits per heavy atom. The zero-order valence-electron chi connectivity index (χ0n) is 11.1. The summed E-state index contributed by atoms with van der Waals surface area (Å²) < 4.78 is 5.64. The van der Waals surface area contributed by atoms with E-state index in [2.05, 4.69) is 5.32 Å². The summed E-state index contributed by atoms with van der Waals surface area (Å²) in [5.74, 6) is 0.873. The van der Waals surface area contributed by atoms with E-state index < -0.39 is 0 Å². The Morgan fingerprint density at radius 3 is 2.78 bits per heavy atom. The minimum Gasteiger partial charge on any atom is -0.490 e. The van der Waals surface area contributed by atoms with Crippen LogP contribution in [0.4, 0.5) is 0 Å². The van der Waals surface area contributed by atoms with Crippen LogP contribution in [0.2, 0.25) is 0 Å². The van der Waals surface area contributed by atoms with Gasteiger partial charge < -0.3 is 15.2 Å². The first-order valence-electron chi connectivity index (χ1n) is 6.95. The number of nitrogens with two attached hydrogens (primary N) is 1. The lowest BCUT2D eigenvalue weighted by molar-refractivity contribution is -0.693. The molecule has 1 aromatic carbocycles. The first kappa shape index (κ1) is 13.4. The van der Waals surface area contributed by atoms with E-state index in [9.17, 15) is 5.11 Å². The van der Waals surface area contributed by atoms with Crippen LogP contribution in [0.3, 0.4) is 0 Å². The second-order valence-electron chi connectivity index (χ2n) is 5.25. The number of hydrogen-bond donors (Lipinski definition) is 2. The highest BCUT2D eigenvalue weighted by atomic mass is 16.5. The van der Waals surface area contributed by atoms with Gasteiger partial charge in [-0.25, -0.2) is 0 Å². The van der Waals surface area contributed by atoms with Crippen molar-refractivity contribution in [3.63, 3.8) is 0 Å². The third kappa shape index (κ3) is 4.00. The Balaban J connectivity index is 1.68. The monoisotopic (exact) mass is 250 g/mol. The topological polar surface area (TPSA) is 46.1 Å². The zero-order chi connectivity index (χ0) is 12.8. The van der Waals surface area contributed by atoms with Gasteiger partial charge in [-0.15, -0.1) is 0 Å². The van der Waals surface area contributed by atoms with Gasteiger partial charge in [0.25, 0.3) is 0 Å². The first-order valence-corrected chi connectivity index (χ1v) is 6.95. The van der Waals surface area contributed by atoms with Gasteiger partial charge in [-0.3, -0.25) is 0 Å². The number of ether oxygens (including phenoxy) is 1. The molecule has 3 N–H and O–H groups in total. The van der Waals surface area contributed by atoms with E-state index in [1.54, 1.807) is 0 Å². The Hall–Kier alpha value is -1.06. The molecular weight excluding hydrogens is 226 g/mol. The van der Waals surface area contributed by atoms with Gasteiger partial charge in [-0.05, 0) is 44.2 Å². The number of para-hydroxylation sites is 1. The summed E-state index contributed by atoms with van der Waals surface area (Å²) in [6.07, 6.45) is 4.90. The van der Waals surface area contributed by atoms with Crippen LogP contribution in [0, 0.1) is 6.92 Å². The van der Waals surface area contributed by atoms with Gasteiger partial charge in [0.2, 0.25) is 0 Å². The van der Waals surface area contributed by atoms with Crippen LogP contribution in [0.15, 0.2) is 24.3 Å². The number of rotatable bonds is 6. The molecule has 100 valence electrons. The van der Waals surface area contributed by atoms with E-state index in [1.807, 2.05) is 31.2 Å². The maximum atomic E-state index is 9.91. The molecule has 1 fully saturated rings. The number of hydrogen-bond acceptors (Lipinski definition) is 2. The predicted molar refractivity (Wildman–Crippen MR) is 71.7 cm³/mol. The van der Waals surface area contributed by atoms with Crippen LogP contribution in [-0.2, 0) is 0 Å². The molecule has 1 aromatic rings. The molecule has 0 amide bonds. The summed E-state index contributed by atoms with van der Waals surface area (Å²) in [5, 5.41) is 12.2. The van der Waals surface area contributed by atoms with Crippen LogP contribution in [0.25, 0.3) is 0 Å². The van der Waals surface area contributed by atoms with Gasteiger partial charge in [-0.1, -0.05) is 18.2 Å². The fourth-order valence-electron chi connectivity index (χ4n) is 2.52. The van der Waals surface area contributed by atoms with Crippen molar-refractivity contribution in [2.24, 2.45) is 0 Å². The Labute approximate surface area is 109 Å². The van der Waals surface area contributed by atoms with Crippen molar-refractivity contribution in [1.29, 1.82) is 0 Å². The third-order valence-electron chi connectivity index (χ3n) is 3.67. The standard InChI is InChI=1S/C15H23NO2/c1-12-6-2-5-9-15(12)18-11-14(17)10-16-13-7-3-4-8-13/h2,5-6,9,13-14,16-17H,3-4,7-8,10-11H2,1H3/p+1/t14-/m1/s1. The maximum absolute atomic E-state index is 9.91. The molecule has 0 unspecified atom stereocenters. The highest BCUT2D eigenvalue weighted by Crippen LogP contribution is 2.16. The summed E-state index contributed by atoms with van der Waals surface area (Å²) in [5.41, 5.74) is 1.12. The molecule has 1 saturated carbocycles. The summed E-state index contributed by atoms with van der Waals surface area (Å²) in [4.78, 5) is 0. The van der Waals surface area contributed by atoms with Crippen molar-refractivity contribution >= 4 is 0 Å². The van der Waals surface area contributed by atoms with Gasteiger partial charge in [0, 0.05) is 0 Å². The van der Waals surface area contributed by atoms with Crippen LogP contribution < -0.4 is 10.1 Å². The molecule has 2 rings (SSSR count). The Morgan fingerprint density at radius 2 is 2.06 bits per heavy atom. The maximum Gasteiger partial charge on any atom is 0.137 e. The van der Waals surface area contributed by atoms with Crippen molar-refractivity contribution in [3.8, 4) is 5.75 Å². The van der Waals surface area contributed by atoms with E-state index >= 15 is 0 Å². The highest BCUT2D eigenvalue weighted by molar-refractivity contribution is 5.31. The number of aliphatic hydroxyl groups is 1. The zero-order valence-corrected chi connectivity index (χ0v) is 11.1. The smallest absolute Gasteiger partial charge is 0.137 e. The normalized spacial score (nSPS) is 17.9. The summed E-state index contributed by atoms with van der Waals surface area (Å²) in [6, 6.07) is 8.64. The van der Waals surface area contributed by atoms with Crippen molar-refractivity contribution < 1.29 is 15.2 Å². The van der Waals surface area contributed by atoms with Crippen LogP contribution in [-0.4, -0.2) is 30.4 Å². The van der Waals surface area contributed by atoms with Gasteiger partial charge in [0.1, 0.15) is 25.0 Å². The average molecular weight is 250 g/mol. The molecule has 0 heterocycles. The number of benzene rings is 1. The Bertz CT molecular complexity index is 361. The van der Waals surface area contributed by atoms with Crippen LogP contribution >= 0.6 is 0 Å². The first-order chi connectivity index (χ1) is 8.75. The molecule has 0 radical (unpaired) electrons. The van der Waals surface area contributed by atoms with E-state index in [0.717, 1.165) is 23.9 Å². The van der Waals surface area contributed by atoms with Gasteiger partial charge in [0.15, 0.2) is 0 Å². The number of quaternary nitrogens is 1. The second kappa shape index (κ2) is 6.76. The fourth-order valence-corrected chi connectivity index (χ4v) is 2.52. The van der Waals surface area contributed by atoms with E-state index in [1.165, 1.54) is 25.7 Å². The van der Waals surface area contributed by atoms with Crippen LogP contribution in [0.5, 0.6) is 5.75 Å². The molecule has 1 aliphatic carbocycles. The van der Waals surface area contributed by atoms with E-state index in [-0.39, 0.29) is 6.10 Å². The molecule has 0 aromatic heterocycles. The lowest BCUT2D eigenvalue weighted by Gasteiger charge is -2.15. The molecule has 0 spiro atoms. The minimum atomic E-state index is -0.384. The van der Waals surface area contributed by atoms with Crippen molar-refractivity contribution in [3.05, 3.63) is 29.8 Å². The quantitative estimate of drug-likeness (QED) is 0.798. The molecule has 1 atom stereocenters. The van der Waals surface area contributed by atoms with E-state index in [4.69, 9.17) is 4.74 Å². The SMILES string of the molecule is Cc1ccccc1OC[C@H](O)C[NH2+]C1CCCC1. The van der Waals surface area contributed by atoms with Gasteiger partial charge >= 0.3 is 0 Å². The molecule has 3 nitrogen and oxygen atoms in total. The predicted octanol–water partition coefficient (Wildman–Crippen LogP) is 1.24. The van der Waals surface area contributed by atoms with Crippen molar-refractivity contribution in [2.75, 3.05) is 13.2 Å². The summed E-state index contributed by atoms with van der Waals surface area (Å²) in [7, 11) is 0. The minimum absolute atomic E-state index is 0.383. The highest BCUT2D eigenvalue weighted by Gasteiger charge is 2.19. The lowest BCUT2D eigenvalue weighted by Crippen LogP contribution is -2.91. The van der Waals surface area contributed by atoms with Gasteiger partial charge in [-0.2, -0.15) is 0 Å². The summed E-state index contributed by atoms with van der Waals surface area (Å²) in [6.45, 7) is 3.15. The van der Waals surface area contributed by atoms with Crippen molar-refractivity contribution in [1.82, 2.24) is 0 Å². The Kier molecular flexibility index (Phi) is 5.02. The molecular formula is C15H24NO2+. The molecule has 0 aliphatic heterocycles. The molecule has 0 saturated heterocycles. The molecule has 1 aliphatic rings. The summed E-state index contributed by atoms with van der Waals surface area (Å²) >= 11 is 0. The molecule has 3 heteroatoms. The second-order valence-corrected chi connectivity index (χ2v) is 5.25. The lowest BCUT2D eigenvalue weighted by atomic mass is 10.2. The van der Waals surface area contributed by atoms with Crippen molar-refractivity contribution in [2.45, 2.75) is 44.8 Å². The number of aryl methyl sites for hydroxylation is 1. The third-order valence-corrected chi connectivity index (χ3v) is 3.67. The van der Waals surface area contributed by atoms with Crippen LogP contribution in [0.1, 0.15) is 31.2 Å². The number of aliphatic hydroxyl groups excluding tert-OH is 1. The average Bonchev–Trinajstić information content (AvgIpc) is 2.88. The molecule has 0 bridgehead atoms. The fraction of sp³-hybridized carbons (Fsp3) is 0.600. The van der Waals surface area contributed by atoms with E-state index in [0.29, 0.717) is 6.61 Å². The largest absolute Gasteiger partial charge is 0.490 e. The molecule has 18 heavy (non-hydrogen) atoms.